The lowest BCUT2D eigenvalue weighted by Gasteiger charge is -2.07. The first-order valence-corrected chi connectivity index (χ1v) is 5.18. The average Bonchev–Trinajstić information content (AvgIpc) is 2.25. The number of carboxylic acid groups (broad SMARTS) is 1. The van der Waals surface area contributed by atoms with E-state index < -0.39 is 10.9 Å². The molecule has 0 fully saturated rings. The Kier molecular flexibility index (Phi) is 4.42. The Morgan fingerprint density at radius 1 is 1.56 bits per heavy atom. The lowest BCUT2D eigenvalue weighted by atomic mass is 10.2. The van der Waals surface area contributed by atoms with Crippen LogP contribution in [0.3, 0.4) is 0 Å². The lowest BCUT2D eigenvalue weighted by molar-refractivity contribution is -0.385. The van der Waals surface area contributed by atoms with Crippen molar-refractivity contribution in [1.82, 2.24) is 0 Å². The fraction of sp³-hybridized carbons (Fsp3) is 0.250. The van der Waals surface area contributed by atoms with E-state index in [1.807, 2.05) is 0 Å². The van der Waals surface area contributed by atoms with Crippen molar-refractivity contribution in [3.8, 4) is 5.75 Å². The molecule has 96 valence electrons. The molecular weight excluding hydrogens is 238 g/mol. The van der Waals surface area contributed by atoms with Gasteiger partial charge in [-0.05, 0) is 31.1 Å². The number of nitro benzene ring substituents is 1. The molecule has 18 heavy (non-hydrogen) atoms. The number of rotatable bonds is 5. The summed E-state index contributed by atoms with van der Waals surface area (Å²) >= 11 is 0. The fourth-order valence-corrected chi connectivity index (χ4v) is 1.33. The quantitative estimate of drug-likeness (QED) is 0.492. The Bertz CT molecular complexity index is 507. The van der Waals surface area contributed by atoms with Gasteiger partial charge in [0, 0.05) is 12.1 Å². The second-order valence-corrected chi connectivity index (χ2v) is 3.85. The molecule has 1 rings (SSSR count). The monoisotopic (exact) mass is 251 g/mol. The molecule has 0 bridgehead atoms. The molecule has 0 aliphatic heterocycles. The molecule has 0 aliphatic rings. The maximum atomic E-state index is 10.8. The highest BCUT2D eigenvalue weighted by molar-refractivity contribution is 5.80. The maximum Gasteiger partial charge on any atom is 0.328 e. The van der Waals surface area contributed by atoms with E-state index >= 15 is 0 Å². The van der Waals surface area contributed by atoms with Gasteiger partial charge in [-0.15, -0.1) is 0 Å². The van der Waals surface area contributed by atoms with Crippen molar-refractivity contribution in [2.24, 2.45) is 0 Å². The van der Waals surface area contributed by atoms with Crippen molar-refractivity contribution in [1.29, 1.82) is 0 Å². The normalized spacial score (nSPS) is 11.1. The van der Waals surface area contributed by atoms with E-state index in [0.717, 1.165) is 11.6 Å². The molecule has 6 nitrogen and oxygen atoms in total. The highest BCUT2D eigenvalue weighted by Crippen LogP contribution is 2.27. The number of nitrogens with zero attached hydrogens (tertiary/aromatic N) is 1. The summed E-state index contributed by atoms with van der Waals surface area (Å²) in [6.07, 6.45) is 1.00. The topological polar surface area (TPSA) is 89.7 Å². The number of nitro groups is 1. The van der Waals surface area contributed by atoms with Crippen LogP contribution in [0.4, 0.5) is 5.69 Å². The minimum Gasteiger partial charge on any atom is -0.482 e. The van der Waals surface area contributed by atoms with Gasteiger partial charge in [0.05, 0.1) is 4.92 Å². The molecule has 0 heterocycles. The molecule has 0 spiro atoms. The van der Waals surface area contributed by atoms with Crippen LogP contribution in [0.5, 0.6) is 5.75 Å². The molecule has 0 aromatic heterocycles. The van der Waals surface area contributed by atoms with Gasteiger partial charge in [-0.25, -0.2) is 4.79 Å². The third kappa shape index (κ3) is 3.89. The largest absolute Gasteiger partial charge is 0.482 e. The minimum atomic E-state index is -1.07. The van der Waals surface area contributed by atoms with Crippen molar-refractivity contribution >= 4 is 11.7 Å². The zero-order valence-corrected chi connectivity index (χ0v) is 10.0. The van der Waals surface area contributed by atoms with Crippen LogP contribution in [-0.4, -0.2) is 22.6 Å². The number of aliphatic carboxylic acids is 1. The Balaban J connectivity index is 2.87. The molecule has 6 heteroatoms. The van der Waals surface area contributed by atoms with Crippen molar-refractivity contribution in [2.75, 3.05) is 6.61 Å². The first kappa shape index (κ1) is 13.7. The SMILES string of the molecule is CC(=CC(=O)O)COc1cc(C)ccc1[N+](=O)[O-]. The summed E-state index contributed by atoms with van der Waals surface area (Å²) in [6.45, 7) is 3.36. The van der Waals surface area contributed by atoms with E-state index in [9.17, 15) is 14.9 Å². The van der Waals surface area contributed by atoms with Crippen LogP contribution in [0.15, 0.2) is 29.8 Å². The molecule has 1 aromatic carbocycles. The summed E-state index contributed by atoms with van der Waals surface area (Å²) in [5.74, 6) is -0.937. The van der Waals surface area contributed by atoms with Gasteiger partial charge in [0.1, 0.15) is 6.61 Å². The maximum absolute atomic E-state index is 10.8. The third-order valence-electron chi connectivity index (χ3n) is 2.14. The average molecular weight is 251 g/mol. The van der Waals surface area contributed by atoms with Gasteiger partial charge in [-0.2, -0.15) is 0 Å². The molecule has 1 N–H and O–H groups in total. The van der Waals surface area contributed by atoms with Crippen LogP contribution in [-0.2, 0) is 4.79 Å². The second kappa shape index (κ2) is 5.81. The third-order valence-corrected chi connectivity index (χ3v) is 2.14. The number of hydrogen-bond donors (Lipinski definition) is 1. The van der Waals surface area contributed by atoms with Gasteiger partial charge < -0.3 is 9.84 Å². The van der Waals surface area contributed by atoms with Crippen LogP contribution in [0.2, 0.25) is 0 Å². The van der Waals surface area contributed by atoms with Crippen LogP contribution in [0.1, 0.15) is 12.5 Å². The summed E-state index contributed by atoms with van der Waals surface area (Å²) in [5, 5.41) is 19.3. The van der Waals surface area contributed by atoms with Crippen molar-refractivity contribution in [3.05, 3.63) is 45.5 Å². The first-order chi connectivity index (χ1) is 8.40. The number of carbonyl (C=O) groups is 1. The zero-order valence-electron chi connectivity index (χ0n) is 10.0. The van der Waals surface area contributed by atoms with Gasteiger partial charge in [-0.3, -0.25) is 10.1 Å². The molecule has 0 saturated heterocycles. The number of carboxylic acids is 1. The number of hydrogen-bond acceptors (Lipinski definition) is 4. The van der Waals surface area contributed by atoms with Gasteiger partial charge in [-0.1, -0.05) is 6.07 Å². The molecule has 1 aromatic rings. The zero-order chi connectivity index (χ0) is 13.7. The summed E-state index contributed by atoms with van der Waals surface area (Å²) in [7, 11) is 0. The van der Waals surface area contributed by atoms with Crippen molar-refractivity contribution in [2.45, 2.75) is 13.8 Å². The molecule has 0 radical (unpaired) electrons. The second-order valence-electron chi connectivity index (χ2n) is 3.85. The Morgan fingerprint density at radius 2 is 2.22 bits per heavy atom. The molecule has 0 amide bonds. The minimum absolute atomic E-state index is 0.00338. The van der Waals surface area contributed by atoms with Crippen molar-refractivity contribution < 1.29 is 19.6 Å². The molecule has 0 saturated carbocycles. The lowest BCUT2D eigenvalue weighted by Crippen LogP contribution is -2.03. The van der Waals surface area contributed by atoms with Gasteiger partial charge >= 0.3 is 11.7 Å². The van der Waals surface area contributed by atoms with E-state index in [0.29, 0.717) is 5.57 Å². The van der Waals surface area contributed by atoms with E-state index in [2.05, 4.69) is 0 Å². The summed E-state index contributed by atoms with van der Waals surface area (Å²) in [6, 6.07) is 4.53. The summed E-state index contributed by atoms with van der Waals surface area (Å²) in [5.41, 5.74) is 1.16. The predicted octanol–water partition coefficient (Wildman–Crippen LogP) is 2.31. The van der Waals surface area contributed by atoms with E-state index in [1.165, 1.54) is 6.07 Å². The fourth-order valence-electron chi connectivity index (χ4n) is 1.33. The van der Waals surface area contributed by atoms with Crippen LogP contribution < -0.4 is 4.74 Å². The van der Waals surface area contributed by atoms with Crippen LogP contribution in [0.25, 0.3) is 0 Å². The smallest absolute Gasteiger partial charge is 0.328 e. The molecule has 0 atom stereocenters. The Hall–Kier alpha value is -2.37. The van der Waals surface area contributed by atoms with Gasteiger partial charge in [0.2, 0.25) is 0 Å². The first-order valence-electron chi connectivity index (χ1n) is 5.18. The number of ether oxygens (including phenoxy) is 1. The molecule has 0 unspecified atom stereocenters. The number of benzene rings is 1. The van der Waals surface area contributed by atoms with Gasteiger partial charge in [0.25, 0.3) is 0 Å². The summed E-state index contributed by atoms with van der Waals surface area (Å²) in [4.78, 5) is 20.6. The highest BCUT2D eigenvalue weighted by Gasteiger charge is 2.14. The summed E-state index contributed by atoms with van der Waals surface area (Å²) < 4.78 is 5.27. The van der Waals surface area contributed by atoms with E-state index in [4.69, 9.17) is 9.84 Å². The standard InChI is InChI=1S/C12H13NO5/c1-8-3-4-10(13(16)17)11(5-8)18-7-9(2)6-12(14)15/h3-6H,7H2,1-2H3,(H,14,15). The van der Waals surface area contributed by atoms with Crippen LogP contribution >= 0.6 is 0 Å². The molecular formula is C12H13NO5. The Morgan fingerprint density at radius 3 is 2.78 bits per heavy atom. The number of aryl methyl sites for hydroxylation is 1. The molecule has 0 aliphatic carbocycles. The van der Waals surface area contributed by atoms with E-state index in [-0.39, 0.29) is 18.0 Å². The van der Waals surface area contributed by atoms with Gasteiger partial charge in [0.15, 0.2) is 5.75 Å². The predicted molar refractivity (Wildman–Crippen MR) is 64.7 cm³/mol. The highest BCUT2D eigenvalue weighted by atomic mass is 16.6. The Labute approximate surface area is 104 Å². The van der Waals surface area contributed by atoms with Crippen LogP contribution in [0, 0.1) is 17.0 Å². The van der Waals surface area contributed by atoms with E-state index in [1.54, 1.807) is 26.0 Å². The van der Waals surface area contributed by atoms with Crippen molar-refractivity contribution in [3.63, 3.8) is 0 Å².